The zero-order valence-electron chi connectivity index (χ0n) is 9.56. The first-order valence-corrected chi connectivity index (χ1v) is 5.80. The van der Waals surface area contributed by atoms with E-state index in [9.17, 15) is 0 Å². The molecule has 4 heteroatoms. The number of nitrogens with zero attached hydrogens (tertiary/aromatic N) is 3. The van der Waals surface area contributed by atoms with E-state index in [0.29, 0.717) is 18.0 Å². The standard InChI is InChI=1S/C11H20N4/c1-8(2)15-11(13-7-14-15)6-9-3-4-10(12)5-9/h7-10H,3-6,12H2,1-2H3. The quantitative estimate of drug-likeness (QED) is 0.819. The van der Waals surface area contributed by atoms with E-state index in [1.165, 1.54) is 12.8 Å². The fraction of sp³-hybridized carbons (Fsp3) is 0.818. The SMILES string of the molecule is CC(C)n1ncnc1CC1CCC(N)C1. The molecule has 2 atom stereocenters. The Kier molecular flexibility index (Phi) is 3.05. The number of nitrogens with two attached hydrogens (primary N) is 1. The lowest BCUT2D eigenvalue weighted by molar-refractivity contribution is 0.457. The Labute approximate surface area is 90.9 Å². The Balaban J connectivity index is 2.01. The Bertz CT molecular complexity index is 318. The van der Waals surface area contributed by atoms with Gasteiger partial charge in [-0.15, -0.1) is 0 Å². The smallest absolute Gasteiger partial charge is 0.138 e. The summed E-state index contributed by atoms with van der Waals surface area (Å²) in [6, 6.07) is 0.808. The van der Waals surface area contributed by atoms with Crippen LogP contribution in [-0.2, 0) is 6.42 Å². The van der Waals surface area contributed by atoms with Crippen LogP contribution in [0.4, 0.5) is 0 Å². The van der Waals surface area contributed by atoms with Crippen LogP contribution >= 0.6 is 0 Å². The minimum absolute atomic E-state index is 0.401. The zero-order chi connectivity index (χ0) is 10.8. The van der Waals surface area contributed by atoms with Crippen LogP contribution in [0.1, 0.15) is 45.0 Å². The van der Waals surface area contributed by atoms with Gasteiger partial charge in [0.2, 0.25) is 0 Å². The monoisotopic (exact) mass is 208 g/mol. The van der Waals surface area contributed by atoms with Crippen molar-refractivity contribution < 1.29 is 0 Å². The zero-order valence-corrected chi connectivity index (χ0v) is 9.56. The van der Waals surface area contributed by atoms with Crippen molar-refractivity contribution in [3.63, 3.8) is 0 Å². The molecule has 0 radical (unpaired) electrons. The van der Waals surface area contributed by atoms with Crippen LogP contribution in [0, 0.1) is 5.92 Å². The Morgan fingerprint density at radius 3 is 2.93 bits per heavy atom. The highest BCUT2D eigenvalue weighted by Crippen LogP contribution is 2.27. The second-order valence-electron chi connectivity index (χ2n) is 4.86. The molecule has 1 aliphatic carbocycles. The van der Waals surface area contributed by atoms with Crippen LogP contribution in [0.3, 0.4) is 0 Å². The molecule has 0 aliphatic heterocycles. The maximum Gasteiger partial charge on any atom is 0.138 e. The average molecular weight is 208 g/mol. The molecule has 1 heterocycles. The molecular weight excluding hydrogens is 188 g/mol. The van der Waals surface area contributed by atoms with Gasteiger partial charge in [-0.05, 0) is 39.0 Å². The molecule has 0 spiro atoms. The summed E-state index contributed by atoms with van der Waals surface area (Å²) < 4.78 is 2.02. The van der Waals surface area contributed by atoms with Crippen LogP contribution in [0.15, 0.2) is 6.33 Å². The first-order chi connectivity index (χ1) is 7.16. The van der Waals surface area contributed by atoms with E-state index in [-0.39, 0.29) is 0 Å². The minimum atomic E-state index is 0.401. The second-order valence-corrected chi connectivity index (χ2v) is 4.86. The van der Waals surface area contributed by atoms with Gasteiger partial charge in [-0.2, -0.15) is 5.10 Å². The van der Waals surface area contributed by atoms with Gasteiger partial charge < -0.3 is 5.73 Å². The first-order valence-electron chi connectivity index (χ1n) is 5.80. The highest BCUT2D eigenvalue weighted by Gasteiger charge is 2.23. The number of aromatic nitrogens is 3. The largest absolute Gasteiger partial charge is 0.328 e. The summed E-state index contributed by atoms with van der Waals surface area (Å²) in [5, 5.41) is 4.25. The molecule has 1 aromatic heterocycles. The van der Waals surface area contributed by atoms with Crippen molar-refractivity contribution >= 4 is 0 Å². The van der Waals surface area contributed by atoms with Crippen LogP contribution < -0.4 is 5.73 Å². The molecular formula is C11H20N4. The van der Waals surface area contributed by atoms with Crippen molar-refractivity contribution in [2.24, 2.45) is 11.7 Å². The molecule has 2 rings (SSSR count). The minimum Gasteiger partial charge on any atom is -0.328 e. The van der Waals surface area contributed by atoms with E-state index >= 15 is 0 Å². The van der Waals surface area contributed by atoms with E-state index in [4.69, 9.17) is 5.73 Å². The summed E-state index contributed by atoms with van der Waals surface area (Å²) >= 11 is 0. The summed E-state index contributed by atoms with van der Waals surface area (Å²) in [6.07, 6.45) is 6.24. The van der Waals surface area contributed by atoms with Crippen molar-refractivity contribution in [1.82, 2.24) is 14.8 Å². The summed E-state index contributed by atoms with van der Waals surface area (Å²) in [6.45, 7) is 4.27. The average Bonchev–Trinajstić information content (AvgIpc) is 2.75. The van der Waals surface area contributed by atoms with Crippen LogP contribution in [0.2, 0.25) is 0 Å². The summed E-state index contributed by atoms with van der Waals surface area (Å²) in [5.41, 5.74) is 5.91. The third kappa shape index (κ3) is 2.37. The van der Waals surface area contributed by atoms with Crippen molar-refractivity contribution in [1.29, 1.82) is 0 Å². The highest BCUT2D eigenvalue weighted by atomic mass is 15.3. The summed E-state index contributed by atoms with van der Waals surface area (Å²) in [7, 11) is 0. The van der Waals surface area contributed by atoms with Crippen molar-refractivity contribution in [2.45, 2.75) is 51.6 Å². The summed E-state index contributed by atoms with van der Waals surface area (Å²) in [5.74, 6) is 1.82. The third-order valence-electron chi connectivity index (χ3n) is 3.19. The Morgan fingerprint density at radius 2 is 2.33 bits per heavy atom. The number of hydrogen-bond acceptors (Lipinski definition) is 3. The lowest BCUT2D eigenvalue weighted by atomic mass is 10.0. The molecule has 0 amide bonds. The van der Waals surface area contributed by atoms with E-state index in [1.807, 2.05) is 4.68 Å². The molecule has 15 heavy (non-hydrogen) atoms. The molecule has 0 bridgehead atoms. The molecule has 0 aromatic carbocycles. The molecule has 2 unspecified atom stereocenters. The molecule has 84 valence electrons. The highest BCUT2D eigenvalue weighted by molar-refractivity contribution is 4.92. The molecule has 1 saturated carbocycles. The predicted molar refractivity (Wildman–Crippen MR) is 59.4 cm³/mol. The predicted octanol–water partition coefficient (Wildman–Crippen LogP) is 1.53. The van der Waals surface area contributed by atoms with Crippen molar-refractivity contribution in [2.75, 3.05) is 0 Å². The van der Waals surface area contributed by atoms with Crippen molar-refractivity contribution in [3.05, 3.63) is 12.2 Å². The lowest BCUT2D eigenvalue weighted by Crippen LogP contribution is -2.16. The normalized spacial score (nSPS) is 26.4. The van der Waals surface area contributed by atoms with Crippen molar-refractivity contribution in [3.8, 4) is 0 Å². The Morgan fingerprint density at radius 1 is 1.53 bits per heavy atom. The second kappa shape index (κ2) is 4.31. The molecule has 1 aromatic rings. The van der Waals surface area contributed by atoms with E-state index < -0.39 is 0 Å². The van der Waals surface area contributed by atoms with Gasteiger partial charge in [-0.25, -0.2) is 9.67 Å². The first kappa shape index (κ1) is 10.6. The molecule has 0 saturated heterocycles. The van der Waals surface area contributed by atoms with Gasteiger partial charge in [0.15, 0.2) is 0 Å². The van der Waals surface area contributed by atoms with Gasteiger partial charge in [-0.3, -0.25) is 0 Å². The molecule has 2 N–H and O–H groups in total. The molecule has 1 fully saturated rings. The fourth-order valence-corrected chi connectivity index (χ4v) is 2.41. The molecule has 1 aliphatic rings. The van der Waals surface area contributed by atoms with Crippen LogP contribution in [0.5, 0.6) is 0 Å². The van der Waals surface area contributed by atoms with E-state index in [1.54, 1.807) is 6.33 Å². The summed E-state index contributed by atoms with van der Waals surface area (Å²) in [4.78, 5) is 4.34. The maximum absolute atomic E-state index is 5.91. The number of hydrogen-bond donors (Lipinski definition) is 1. The van der Waals surface area contributed by atoms with Gasteiger partial charge >= 0.3 is 0 Å². The van der Waals surface area contributed by atoms with Crippen LogP contribution in [0.25, 0.3) is 0 Å². The fourth-order valence-electron chi connectivity index (χ4n) is 2.41. The molecule has 4 nitrogen and oxygen atoms in total. The third-order valence-corrected chi connectivity index (χ3v) is 3.19. The van der Waals surface area contributed by atoms with Crippen LogP contribution in [-0.4, -0.2) is 20.8 Å². The van der Waals surface area contributed by atoms with E-state index in [2.05, 4.69) is 23.9 Å². The van der Waals surface area contributed by atoms with E-state index in [0.717, 1.165) is 18.7 Å². The van der Waals surface area contributed by atoms with Gasteiger partial charge in [0, 0.05) is 18.5 Å². The Hall–Kier alpha value is -0.900. The topological polar surface area (TPSA) is 56.7 Å². The van der Waals surface area contributed by atoms with Gasteiger partial charge in [-0.1, -0.05) is 0 Å². The van der Waals surface area contributed by atoms with Gasteiger partial charge in [0.05, 0.1) is 0 Å². The van der Waals surface area contributed by atoms with Gasteiger partial charge in [0.1, 0.15) is 12.2 Å². The number of rotatable bonds is 3. The maximum atomic E-state index is 5.91. The lowest BCUT2D eigenvalue weighted by Gasteiger charge is -2.12. The van der Waals surface area contributed by atoms with Gasteiger partial charge in [0.25, 0.3) is 0 Å².